The summed E-state index contributed by atoms with van der Waals surface area (Å²) >= 11 is 6.19. The van der Waals surface area contributed by atoms with E-state index in [9.17, 15) is 10.4 Å². The fraction of sp³-hybridized carbons (Fsp3) is 0.278. The molecular weight excluding hydrogens is 282 g/mol. The Labute approximate surface area is 129 Å². The lowest BCUT2D eigenvalue weighted by molar-refractivity contribution is 0.0527. The lowest BCUT2D eigenvalue weighted by Gasteiger charge is -2.36. The molecule has 1 N–H and O–H groups in total. The zero-order chi connectivity index (χ0) is 14.9. The summed E-state index contributed by atoms with van der Waals surface area (Å²) in [5.74, 6) is 0. The Balaban J connectivity index is 2.00. The van der Waals surface area contributed by atoms with E-state index in [2.05, 4.69) is 12.1 Å². The monoisotopic (exact) mass is 297 g/mol. The molecular formula is C18H16ClNO. The van der Waals surface area contributed by atoms with Crippen molar-refractivity contribution in [2.45, 2.75) is 25.4 Å². The average Bonchev–Trinajstić information content (AvgIpc) is 2.54. The minimum absolute atomic E-state index is 0.512. The number of aliphatic hydroxyl groups excluding tert-OH is 1. The zero-order valence-electron chi connectivity index (χ0n) is 11.6. The quantitative estimate of drug-likeness (QED) is 0.908. The van der Waals surface area contributed by atoms with E-state index in [-0.39, 0.29) is 0 Å². The molecule has 0 aromatic heterocycles. The average molecular weight is 298 g/mol. The van der Waals surface area contributed by atoms with E-state index in [1.54, 1.807) is 12.1 Å². The molecule has 3 heteroatoms. The third-order valence-electron chi connectivity index (χ3n) is 4.41. The summed E-state index contributed by atoms with van der Waals surface area (Å²) in [6.45, 7) is 0. The van der Waals surface area contributed by atoms with E-state index in [1.165, 1.54) is 5.56 Å². The van der Waals surface area contributed by atoms with E-state index in [0.717, 1.165) is 12.0 Å². The van der Waals surface area contributed by atoms with Gasteiger partial charge in [0.05, 0.1) is 17.6 Å². The number of fused-ring (bicyclic) bond motifs is 1. The van der Waals surface area contributed by atoms with Gasteiger partial charge in [0.1, 0.15) is 0 Å². The van der Waals surface area contributed by atoms with Gasteiger partial charge in [-0.05, 0) is 36.5 Å². The van der Waals surface area contributed by atoms with Crippen LogP contribution in [0.4, 0.5) is 0 Å². The lowest BCUT2D eigenvalue weighted by atomic mass is 9.67. The molecule has 2 unspecified atom stereocenters. The SMILES string of the molecule is N#CC1(C(O)c2ccccc2Cl)CCc2ccccc2C1. The van der Waals surface area contributed by atoms with Crippen LogP contribution in [0.25, 0.3) is 0 Å². The van der Waals surface area contributed by atoms with Gasteiger partial charge < -0.3 is 5.11 Å². The standard InChI is InChI=1S/C18H16ClNO/c19-16-8-4-3-7-15(16)17(21)18(12-20)10-9-13-5-1-2-6-14(13)11-18/h1-8,17,21H,9-11H2. The first-order valence-corrected chi connectivity index (χ1v) is 7.45. The molecule has 0 spiro atoms. The van der Waals surface area contributed by atoms with Gasteiger partial charge in [0.25, 0.3) is 0 Å². The van der Waals surface area contributed by atoms with Gasteiger partial charge in [-0.3, -0.25) is 0 Å². The van der Waals surface area contributed by atoms with Crippen LogP contribution in [0.2, 0.25) is 5.02 Å². The van der Waals surface area contributed by atoms with Crippen LogP contribution in [-0.2, 0) is 12.8 Å². The number of nitriles is 1. The molecule has 0 amide bonds. The number of hydrogen-bond acceptors (Lipinski definition) is 2. The number of halogens is 1. The fourth-order valence-corrected chi connectivity index (χ4v) is 3.38. The summed E-state index contributed by atoms with van der Waals surface area (Å²) in [6, 6.07) is 17.7. The summed E-state index contributed by atoms with van der Waals surface area (Å²) in [4.78, 5) is 0. The number of benzene rings is 2. The smallest absolute Gasteiger partial charge is 0.0994 e. The highest BCUT2D eigenvalue weighted by Gasteiger charge is 2.42. The summed E-state index contributed by atoms with van der Waals surface area (Å²) in [6.07, 6.45) is 1.15. The van der Waals surface area contributed by atoms with Crippen LogP contribution in [0.5, 0.6) is 0 Å². The first-order chi connectivity index (χ1) is 10.2. The summed E-state index contributed by atoms with van der Waals surface area (Å²) < 4.78 is 0. The molecule has 2 aromatic carbocycles. The van der Waals surface area contributed by atoms with Crippen LogP contribution in [0.15, 0.2) is 48.5 Å². The van der Waals surface area contributed by atoms with Crippen molar-refractivity contribution in [3.05, 3.63) is 70.2 Å². The fourth-order valence-electron chi connectivity index (χ4n) is 3.14. The van der Waals surface area contributed by atoms with Gasteiger partial charge in [0.2, 0.25) is 0 Å². The highest BCUT2D eigenvalue weighted by Crippen LogP contribution is 2.45. The van der Waals surface area contributed by atoms with Crippen molar-refractivity contribution in [2.24, 2.45) is 5.41 Å². The summed E-state index contributed by atoms with van der Waals surface area (Å²) in [5, 5.41) is 21.0. The van der Waals surface area contributed by atoms with Crippen LogP contribution in [-0.4, -0.2) is 5.11 Å². The zero-order valence-corrected chi connectivity index (χ0v) is 12.3. The Morgan fingerprint density at radius 2 is 1.76 bits per heavy atom. The molecule has 0 fully saturated rings. The molecule has 0 saturated carbocycles. The van der Waals surface area contributed by atoms with Crippen LogP contribution < -0.4 is 0 Å². The van der Waals surface area contributed by atoms with Gasteiger partial charge in [-0.1, -0.05) is 54.1 Å². The number of rotatable bonds is 2. The molecule has 0 aliphatic heterocycles. The predicted molar refractivity (Wildman–Crippen MR) is 82.9 cm³/mol. The number of aliphatic hydroxyl groups is 1. The van der Waals surface area contributed by atoms with Gasteiger partial charge in [-0.15, -0.1) is 0 Å². The highest BCUT2D eigenvalue weighted by molar-refractivity contribution is 6.31. The van der Waals surface area contributed by atoms with E-state index in [1.807, 2.05) is 30.3 Å². The van der Waals surface area contributed by atoms with Crippen molar-refractivity contribution < 1.29 is 5.11 Å². The molecule has 0 radical (unpaired) electrons. The van der Waals surface area contributed by atoms with Crippen LogP contribution in [0.3, 0.4) is 0 Å². The first kappa shape index (κ1) is 14.1. The molecule has 3 rings (SSSR count). The predicted octanol–water partition coefficient (Wildman–Crippen LogP) is 4.07. The van der Waals surface area contributed by atoms with Crippen LogP contribution in [0.1, 0.15) is 29.2 Å². The lowest BCUT2D eigenvalue weighted by Crippen LogP contribution is -2.34. The Bertz CT molecular complexity index is 706. The van der Waals surface area contributed by atoms with Crippen LogP contribution >= 0.6 is 11.6 Å². The highest BCUT2D eigenvalue weighted by atomic mass is 35.5. The Morgan fingerprint density at radius 1 is 1.10 bits per heavy atom. The van der Waals surface area contributed by atoms with Crippen molar-refractivity contribution in [3.8, 4) is 6.07 Å². The van der Waals surface area contributed by atoms with E-state index >= 15 is 0 Å². The molecule has 0 bridgehead atoms. The van der Waals surface area contributed by atoms with Gasteiger partial charge in [-0.2, -0.15) is 5.26 Å². The van der Waals surface area contributed by atoms with E-state index in [4.69, 9.17) is 11.6 Å². The van der Waals surface area contributed by atoms with E-state index in [0.29, 0.717) is 23.4 Å². The molecule has 0 saturated heterocycles. The molecule has 2 atom stereocenters. The maximum atomic E-state index is 10.8. The van der Waals surface area contributed by atoms with Crippen molar-refractivity contribution >= 4 is 11.6 Å². The number of aryl methyl sites for hydroxylation is 1. The molecule has 2 aromatic rings. The summed E-state index contributed by atoms with van der Waals surface area (Å²) in [5.41, 5.74) is 2.26. The second kappa shape index (κ2) is 5.52. The van der Waals surface area contributed by atoms with Crippen molar-refractivity contribution in [1.82, 2.24) is 0 Å². The normalized spacial score (nSPS) is 22.1. The molecule has 21 heavy (non-hydrogen) atoms. The third-order valence-corrected chi connectivity index (χ3v) is 4.75. The Hall–Kier alpha value is -1.82. The second-order valence-corrected chi connectivity index (χ2v) is 6.04. The number of hydrogen-bond donors (Lipinski definition) is 1. The number of nitrogens with zero attached hydrogens (tertiary/aromatic N) is 1. The van der Waals surface area contributed by atoms with Crippen molar-refractivity contribution in [3.63, 3.8) is 0 Å². The Morgan fingerprint density at radius 3 is 2.48 bits per heavy atom. The molecule has 106 valence electrons. The first-order valence-electron chi connectivity index (χ1n) is 7.07. The minimum atomic E-state index is -0.871. The minimum Gasteiger partial charge on any atom is -0.387 e. The molecule has 2 nitrogen and oxygen atoms in total. The largest absolute Gasteiger partial charge is 0.387 e. The molecule has 0 heterocycles. The third kappa shape index (κ3) is 2.44. The topological polar surface area (TPSA) is 44.0 Å². The maximum Gasteiger partial charge on any atom is 0.0994 e. The Kier molecular flexibility index (Phi) is 3.71. The van der Waals surface area contributed by atoms with Crippen molar-refractivity contribution in [1.29, 1.82) is 5.26 Å². The molecule has 1 aliphatic rings. The van der Waals surface area contributed by atoms with Gasteiger partial charge in [0.15, 0.2) is 0 Å². The van der Waals surface area contributed by atoms with Gasteiger partial charge >= 0.3 is 0 Å². The molecule has 1 aliphatic carbocycles. The van der Waals surface area contributed by atoms with Crippen molar-refractivity contribution in [2.75, 3.05) is 0 Å². The summed E-state index contributed by atoms with van der Waals surface area (Å²) in [7, 11) is 0. The second-order valence-electron chi connectivity index (χ2n) is 5.64. The van der Waals surface area contributed by atoms with Crippen LogP contribution in [0, 0.1) is 16.7 Å². The van der Waals surface area contributed by atoms with E-state index < -0.39 is 11.5 Å². The van der Waals surface area contributed by atoms with Gasteiger partial charge in [-0.25, -0.2) is 0 Å². The maximum absolute atomic E-state index is 10.8. The van der Waals surface area contributed by atoms with Gasteiger partial charge in [0, 0.05) is 10.6 Å².